The second-order valence-electron chi connectivity index (χ2n) is 1.11. The summed E-state index contributed by atoms with van der Waals surface area (Å²) >= 11 is 3.90. The highest BCUT2D eigenvalue weighted by Gasteiger charge is 1.87. The third-order valence-electron chi connectivity index (χ3n) is 0.566. The summed E-state index contributed by atoms with van der Waals surface area (Å²) in [6.07, 6.45) is 1.70. The minimum absolute atomic E-state index is 0.573. The molecule has 7 heavy (non-hydrogen) atoms. The quantitative estimate of drug-likeness (QED) is 0.448. The molecular weight excluding hydrogens is 110 g/mol. The number of rotatable bonds is 0. The fourth-order valence-electron chi connectivity index (χ4n) is 0.314. The van der Waals surface area contributed by atoms with Crippen molar-refractivity contribution in [3.05, 3.63) is 11.2 Å². The van der Waals surface area contributed by atoms with E-state index in [2.05, 4.69) is 28.2 Å². The molecule has 0 aromatic carbocycles. The molecule has 0 aliphatic carbocycles. The SMILES string of the molecule is SC1=CNCN=N1. The Balaban J connectivity index is 2.58. The van der Waals surface area contributed by atoms with Crippen molar-refractivity contribution >= 4 is 12.6 Å². The second kappa shape index (κ2) is 1.97. The molecule has 0 aromatic rings. The van der Waals surface area contributed by atoms with Gasteiger partial charge < -0.3 is 5.32 Å². The lowest BCUT2D eigenvalue weighted by Crippen LogP contribution is -2.06. The third kappa shape index (κ3) is 1.19. The van der Waals surface area contributed by atoms with Crippen LogP contribution in [0.3, 0.4) is 0 Å². The molecule has 4 heteroatoms. The lowest BCUT2D eigenvalue weighted by Gasteiger charge is -1.98. The number of hydrogen-bond acceptors (Lipinski definition) is 4. The van der Waals surface area contributed by atoms with Crippen LogP contribution >= 0.6 is 12.6 Å². The Morgan fingerprint density at radius 3 is 3.00 bits per heavy atom. The van der Waals surface area contributed by atoms with Crippen LogP contribution in [-0.4, -0.2) is 6.67 Å². The Bertz CT molecular complexity index is 117. The molecule has 1 N–H and O–H groups in total. The maximum absolute atomic E-state index is 3.90. The predicted molar refractivity (Wildman–Crippen MR) is 29.9 cm³/mol. The van der Waals surface area contributed by atoms with E-state index < -0.39 is 0 Å². The largest absolute Gasteiger partial charge is 0.369 e. The summed E-state index contributed by atoms with van der Waals surface area (Å²) in [4.78, 5) is 0. The van der Waals surface area contributed by atoms with E-state index in [9.17, 15) is 0 Å². The molecule has 0 bridgehead atoms. The van der Waals surface area contributed by atoms with Crippen LogP contribution in [0.25, 0.3) is 0 Å². The first-order valence-electron chi connectivity index (χ1n) is 1.89. The molecule has 38 valence electrons. The lowest BCUT2D eigenvalue weighted by molar-refractivity contribution is 0.795. The minimum atomic E-state index is 0.573. The second-order valence-corrected chi connectivity index (χ2v) is 1.56. The van der Waals surface area contributed by atoms with E-state index in [-0.39, 0.29) is 0 Å². The van der Waals surface area contributed by atoms with E-state index in [1.165, 1.54) is 0 Å². The fourth-order valence-corrected chi connectivity index (χ4v) is 0.469. The average molecular weight is 115 g/mol. The van der Waals surface area contributed by atoms with E-state index >= 15 is 0 Å². The molecule has 1 aliphatic rings. The Kier molecular flexibility index (Phi) is 1.31. The van der Waals surface area contributed by atoms with Gasteiger partial charge in [0.1, 0.15) is 11.7 Å². The molecular formula is C3H5N3S. The molecule has 0 fully saturated rings. The van der Waals surface area contributed by atoms with Crippen LogP contribution in [0.5, 0.6) is 0 Å². The van der Waals surface area contributed by atoms with E-state index in [0.717, 1.165) is 0 Å². The van der Waals surface area contributed by atoms with Crippen LogP contribution in [0.15, 0.2) is 21.5 Å². The predicted octanol–water partition coefficient (Wildman–Crippen LogP) is 0.728. The van der Waals surface area contributed by atoms with Gasteiger partial charge in [-0.3, -0.25) is 0 Å². The Labute approximate surface area is 46.9 Å². The van der Waals surface area contributed by atoms with Gasteiger partial charge in [0.05, 0.1) is 0 Å². The van der Waals surface area contributed by atoms with Crippen LogP contribution in [-0.2, 0) is 0 Å². The molecule has 1 aliphatic heterocycles. The molecule has 0 saturated heterocycles. The molecule has 0 saturated carbocycles. The zero-order valence-electron chi connectivity index (χ0n) is 3.63. The van der Waals surface area contributed by atoms with Gasteiger partial charge in [-0.2, -0.15) is 5.11 Å². The maximum Gasteiger partial charge on any atom is 0.131 e. The highest BCUT2D eigenvalue weighted by molar-refractivity contribution is 7.84. The first-order chi connectivity index (χ1) is 3.39. The van der Waals surface area contributed by atoms with Gasteiger partial charge in [-0.25, -0.2) is 0 Å². The number of azo groups is 1. The van der Waals surface area contributed by atoms with Crippen molar-refractivity contribution in [3.8, 4) is 0 Å². The highest BCUT2D eigenvalue weighted by atomic mass is 32.1. The summed E-state index contributed by atoms with van der Waals surface area (Å²) in [5.41, 5.74) is 0. The van der Waals surface area contributed by atoms with Gasteiger partial charge >= 0.3 is 0 Å². The summed E-state index contributed by atoms with van der Waals surface area (Å²) in [5, 5.41) is 10.7. The van der Waals surface area contributed by atoms with Crippen LogP contribution in [0.1, 0.15) is 0 Å². The van der Waals surface area contributed by atoms with E-state index in [1.54, 1.807) is 6.20 Å². The highest BCUT2D eigenvalue weighted by Crippen LogP contribution is 2.02. The lowest BCUT2D eigenvalue weighted by atomic mass is 10.8. The topological polar surface area (TPSA) is 36.8 Å². The summed E-state index contributed by atoms with van der Waals surface area (Å²) in [6.45, 7) is 0.573. The molecule has 0 unspecified atom stereocenters. The number of hydrogen-bond donors (Lipinski definition) is 2. The van der Waals surface area contributed by atoms with Gasteiger partial charge in [-0.1, -0.05) is 0 Å². The molecule has 1 rings (SSSR count). The summed E-state index contributed by atoms with van der Waals surface area (Å²) in [5.74, 6) is 0. The van der Waals surface area contributed by atoms with Crippen molar-refractivity contribution < 1.29 is 0 Å². The van der Waals surface area contributed by atoms with Crippen molar-refractivity contribution in [2.75, 3.05) is 6.67 Å². The van der Waals surface area contributed by atoms with Crippen LogP contribution in [0.4, 0.5) is 0 Å². The maximum atomic E-state index is 3.90. The van der Waals surface area contributed by atoms with Gasteiger partial charge in [-0.05, 0) is 0 Å². The Morgan fingerprint density at radius 2 is 2.71 bits per heavy atom. The molecule has 0 atom stereocenters. The van der Waals surface area contributed by atoms with Gasteiger partial charge in [0.25, 0.3) is 0 Å². The minimum Gasteiger partial charge on any atom is -0.369 e. The molecule has 0 spiro atoms. The zero-order valence-corrected chi connectivity index (χ0v) is 4.52. The fraction of sp³-hybridized carbons (Fsp3) is 0.333. The van der Waals surface area contributed by atoms with Crippen molar-refractivity contribution in [2.24, 2.45) is 10.2 Å². The molecule has 0 amide bonds. The summed E-state index contributed by atoms with van der Waals surface area (Å²) < 4.78 is 0. The normalized spacial score (nSPS) is 18.1. The van der Waals surface area contributed by atoms with Crippen LogP contribution in [0, 0.1) is 0 Å². The van der Waals surface area contributed by atoms with Crippen LogP contribution in [0.2, 0.25) is 0 Å². The first kappa shape index (κ1) is 4.64. The van der Waals surface area contributed by atoms with Crippen LogP contribution < -0.4 is 5.32 Å². The van der Waals surface area contributed by atoms with Gasteiger partial charge in [0.2, 0.25) is 0 Å². The summed E-state index contributed by atoms with van der Waals surface area (Å²) in [7, 11) is 0. The average Bonchev–Trinajstić information content (AvgIpc) is 1.69. The third-order valence-corrected chi connectivity index (χ3v) is 0.785. The summed E-state index contributed by atoms with van der Waals surface area (Å²) in [6, 6.07) is 0. The standard InChI is InChI=1S/C3H5N3S/c7-3-1-4-2-5-6-3/h1,4,7H,2H2. The van der Waals surface area contributed by atoms with Crippen molar-refractivity contribution in [1.29, 1.82) is 0 Å². The van der Waals surface area contributed by atoms with Gasteiger partial charge in [0, 0.05) is 6.20 Å². The van der Waals surface area contributed by atoms with Gasteiger partial charge in [-0.15, -0.1) is 17.7 Å². The van der Waals surface area contributed by atoms with Crippen molar-refractivity contribution in [1.82, 2.24) is 5.32 Å². The van der Waals surface area contributed by atoms with E-state index in [1.807, 2.05) is 0 Å². The molecule has 3 nitrogen and oxygen atoms in total. The first-order valence-corrected chi connectivity index (χ1v) is 2.34. The molecule has 0 aromatic heterocycles. The van der Waals surface area contributed by atoms with Crippen molar-refractivity contribution in [2.45, 2.75) is 0 Å². The number of thiol groups is 1. The molecule has 1 heterocycles. The van der Waals surface area contributed by atoms with Gasteiger partial charge in [0.15, 0.2) is 0 Å². The number of nitrogens with zero attached hydrogens (tertiary/aromatic N) is 2. The van der Waals surface area contributed by atoms with E-state index in [4.69, 9.17) is 0 Å². The number of nitrogens with one attached hydrogen (secondary N) is 1. The van der Waals surface area contributed by atoms with Crippen molar-refractivity contribution in [3.63, 3.8) is 0 Å². The Hall–Kier alpha value is -0.510. The zero-order chi connectivity index (χ0) is 5.11. The van der Waals surface area contributed by atoms with E-state index in [0.29, 0.717) is 11.7 Å². The Morgan fingerprint density at radius 1 is 1.86 bits per heavy atom. The molecule has 0 radical (unpaired) electrons. The smallest absolute Gasteiger partial charge is 0.131 e. The monoisotopic (exact) mass is 115 g/mol.